The second-order valence-electron chi connectivity index (χ2n) is 6.21. The first kappa shape index (κ1) is 12.5. The number of carbonyl (C=O) groups is 1. The van der Waals surface area contributed by atoms with Crippen molar-refractivity contribution in [2.45, 2.75) is 51.0 Å². The molecular weight excluding hydrogens is 384 g/mol. The van der Waals surface area contributed by atoms with E-state index in [1.807, 2.05) is 0 Å². The van der Waals surface area contributed by atoms with Crippen molar-refractivity contribution in [3.63, 3.8) is 0 Å². The molecule has 28 heavy (non-hydrogen) atoms. The number of halogens is 3. The molecule has 1 aliphatic rings. The highest BCUT2D eigenvalue weighted by Gasteiger charge is 2.35. The van der Waals surface area contributed by atoms with E-state index >= 15 is 4.39 Å². The third-order valence-corrected chi connectivity index (χ3v) is 4.58. The van der Waals surface area contributed by atoms with Gasteiger partial charge in [0.2, 0.25) is 0 Å². The highest BCUT2D eigenvalue weighted by molar-refractivity contribution is 6.31. The molecule has 1 aromatic carbocycles. The van der Waals surface area contributed by atoms with Crippen molar-refractivity contribution >= 4 is 17.5 Å². The average molecular weight is 416 g/mol. The fourth-order valence-electron chi connectivity index (χ4n) is 2.62. The molecule has 1 saturated heterocycles. The highest BCUT2D eigenvalue weighted by atomic mass is 35.5. The lowest BCUT2D eigenvalue weighted by Crippen LogP contribution is -2.44. The largest absolute Gasteiger partial charge is 0.338 e. The summed E-state index contributed by atoms with van der Waals surface area (Å²) in [6, 6.07) is 3.08. The third kappa shape index (κ3) is 5.04. The molecule has 4 nitrogen and oxygen atoms in total. The summed E-state index contributed by atoms with van der Waals surface area (Å²) < 4.78 is 94.5. The molecule has 0 N–H and O–H groups in total. The number of aromatic nitrogens is 2. The zero-order valence-corrected chi connectivity index (χ0v) is 15.9. The van der Waals surface area contributed by atoms with Crippen molar-refractivity contribution in [2.75, 3.05) is 13.0 Å². The van der Waals surface area contributed by atoms with Crippen LogP contribution in [-0.4, -0.2) is 39.5 Å². The van der Waals surface area contributed by atoms with E-state index in [4.69, 9.17) is 22.6 Å². The summed E-state index contributed by atoms with van der Waals surface area (Å²) >= 11 is 5.70. The zero-order valence-electron chi connectivity index (χ0n) is 23.1. The zero-order chi connectivity index (χ0) is 27.3. The molecular formula is C21H24ClF2N3O. The van der Waals surface area contributed by atoms with Crippen LogP contribution in [0.2, 0.25) is 5.02 Å². The van der Waals surface area contributed by atoms with Crippen molar-refractivity contribution in [1.82, 2.24) is 14.9 Å². The van der Waals surface area contributed by atoms with Crippen molar-refractivity contribution in [2.24, 2.45) is 0 Å². The first-order chi connectivity index (χ1) is 16.3. The second kappa shape index (κ2) is 8.95. The Balaban J connectivity index is 1.80. The molecule has 3 rings (SSSR count). The molecule has 1 aliphatic heterocycles. The maximum Gasteiger partial charge on any atom is 0.253 e. The van der Waals surface area contributed by atoms with Crippen LogP contribution in [0.25, 0.3) is 0 Å². The van der Waals surface area contributed by atoms with Crippen molar-refractivity contribution in [3.8, 4) is 0 Å². The number of piperidine rings is 1. The Hall–Kier alpha value is -2.08. The van der Waals surface area contributed by atoms with Gasteiger partial charge in [-0.15, -0.1) is 0 Å². The number of likely N-dealkylation sites (tertiary alicyclic amines) is 1. The number of nitrogens with zero attached hydrogens (tertiary/aromatic N) is 3. The maximum atomic E-state index is 16.0. The third-order valence-electron chi connectivity index (χ3n) is 4.29. The SMILES string of the molecule is [2H]C([2H])(C)c1cnc(C([2H])([2H])CC([2H])([2H])C2(F)CCN(C(=O)c3ccc(F)c(Cl)c3)C([2H])([2H])C2)nc1. The predicted molar refractivity (Wildman–Crippen MR) is 105 cm³/mol. The van der Waals surface area contributed by atoms with Crippen LogP contribution in [0.3, 0.4) is 0 Å². The molecule has 2 aromatic rings. The lowest BCUT2D eigenvalue weighted by molar-refractivity contribution is 0.0389. The van der Waals surface area contributed by atoms with Gasteiger partial charge in [-0.05, 0) is 55.8 Å². The van der Waals surface area contributed by atoms with E-state index in [-0.39, 0.29) is 16.1 Å². The van der Waals surface area contributed by atoms with Crippen LogP contribution in [0, 0.1) is 5.82 Å². The number of amides is 1. The first-order valence-corrected chi connectivity index (χ1v) is 8.96. The van der Waals surface area contributed by atoms with E-state index in [0.29, 0.717) is 0 Å². The maximum absolute atomic E-state index is 16.0. The van der Waals surface area contributed by atoms with Crippen LogP contribution in [0.5, 0.6) is 0 Å². The van der Waals surface area contributed by atoms with Crippen LogP contribution in [0.15, 0.2) is 30.6 Å². The quantitative estimate of drug-likeness (QED) is 0.680. The van der Waals surface area contributed by atoms with E-state index < -0.39 is 74.6 Å². The fraction of sp³-hybridized carbons (Fsp3) is 0.476. The van der Waals surface area contributed by atoms with Gasteiger partial charge in [-0.1, -0.05) is 18.5 Å². The van der Waals surface area contributed by atoms with Crippen LogP contribution < -0.4 is 0 Å². The molecule has 1 unspecified atom stereocenters. The molecule has 1 aromatic heterocycles. The van der Waals surface area contributed by atoms with E-state index in [0.717, 1.165) is 35.5 Å². The van der Waals surface area contributed by atoms with Gasteiger partial charge in [-0.25, -0.2) is 18.7 Å². The lowest BCUT2D eigenvalue weighted by Gasteiger charge is -2.36. The van der Waals surface area contributed by atoms with Gasteiger partial charge in [0, 0.05) is 48.3 Å². The Kier molecular flexibility index (Phi) is 3.99. The average Bonchev–Trinajstić information content (AvgIpc) is 2.73. The first-order valence-electron chi connectivity index (χ1n) is 12.6. The standard InChI is InChI=1S/C21H24ClF2N3O/c1-2-15-13-25-19(26-14-15)4-3-7-21(24)8-10-27(11-9-21)20(28)16-5-6-18(23)17(22)12-16/h5-6,12-14H,2-4,7-11H2,1H3/i2D2,4D2,7D2,10D2. The number of hydrogen-bond donors (Lipinski definition) is 0. The minimum absolute atomic E-state index is 0.0831. The summed E-state index contributed by atoms with van der Waals surface area (Å²) in [5.41, 5.74) is -2.88. The Morgan fingerprint density at radius 3 is 2.79 bits per heavy atom. The van der Waals surface area contributed by atoms with Crippen molar-refractivity contribution < 1.29 is 24.5 Å². The Morgan fingerprint density at radius 1 is 1.39 bits per heavy atom. The summed E-state index contributed by atoms with van der Waals surface area (Å²) in [5.74, 6) is -2.11. The van der Waals surface area contributed by atoms with Crippen molar-refractivity contribution in [1.29, 1.82) is 0 Å². The van der Waals surface area contributed by atoms with Crippen molar-refractivity contribution in [3.05, 3.63) is 58.4 Å². The summed E-state index contributed by atoms with van der Waals surface area (Å²) in [4.78, 5) is 21.2. The molecule has 150 valence electrons. The molecule has 0 saturated carbocycles. The lowest BCUT2D eigenvalue weighted by atomic mass is 9.88. The van der Waals surface area contributed by atoms with E-state index in [1.165, 1.54) is 6.92 Å². The number of rotatable bonds is 6. The van der Waals surface area contributed by atoms with Crippen LogP contribution >= 0.6 is 11.6 Å². The number of carbonyl (C=O) groups excluding carboxylic acids is 1. The van der Waals surface area contributed by atoms with Gasteiger partial charge >= 0.3 is 0 Å². The Morgan fingerprint density at radius 2 is 2.14 bits per heavy atom. The summed E-state index contributed by atoms with van der Waals surface area (Å²) in [6.45, 7) is -1.90. The molecule has 0 bridgehead atoms. The van der Waals surface area contributed by atoms with Crippen LogP contribution in [0.4, 0.5) is 8.78 Å². The molecule has 0 aliphatic carbocycles. The van der Waals surface area contributed by atoms with E-state index in [9.17, 15) is 9.18 Å². The minimum atomic E-state index is -2.89. The summed E-state index contributed by atoms with van der Waals surface area (Å²) in [5, 5.41) is -0.345. The number of aryl methyl sites for hydroxylation is 2. The summed E-state index contributed by atoms with van der Waals surface area (Å²) in [7, 11) is 0. The number of alkyl halides is 1. The second-order valence-corrected chi connectivity index (χ2v) is 6.62. The van der Waals surface area contributed by atoms with E-state index in [1.54, 1.807) is 0 Å². The molecule has 7 heteroatoms. The Bertz CT molecular complexity index is 1150. The van der Waals surface area contributed by atoms with Gasteiger partial charge in [0.1, 0.15) is 17.3 Å². The van der Waals surface area contributed by atoms with Gasteiger partial charge in [0.25, 0.3) is 5.91 Å². The van der Waals surface area contributed by atoms with Gasteiger partial charge < -0.3 is 4.90 Å². The predicted octanol–water partition coefficient (Wildman–Crippen LogP) is 4.80. The van der Waals surface area contributed by atoms with Gasteiger partial charge in [0.05, 0.1) is 5.02 Å². The molecule has 0 radical (unpaired) electrons. The topological polar surface area (TPSA) is 46.1 Å². The smallest absolute Gasteiger partial charge is 0.253 e. The molecule has 1 fully saturated rings. The molecule has 0 spiro atoms. The molecule has 1 amide bonds. The van der Waals surface area contributed by atoms with Gasteiger partial charge in [-0.3, -0.25) is 4.79 Å². The highest BCUT2D eigenvalue weighted by Crippen LogP contribution is 2.32. The molecule has 1 atom stereocenters. The van der Waals surface area contributed by atoms with Crippen LogP contribution in [-0.2, 0) is 12.7 Å². The van der Waals surface area contributed by atoms with E-state index in [2.05, 4.69) is 9.97 Å². The number of hydrogen-bond acceptors (Lipinski definition) is 3. The summed E-state index contributed by atoms with van der Waals surface area (Å²) in [6.07, 6.45) is -7.82. The Labute approximate surface area is 180 Å². The monoisotopic (exact) mass is 415 g/mol. The van der Waals surface area contributed by atoms with Gasteiger partial charge in [-0.2, -0.15) is 0 Å². The normalized spacial score (nSPS) is 27.2. The van der Waals surface area contributed by atoms with Gasteiger partial charge in [0.15, 0.2) is 0 Å². The van der Waals surface area contributed by atoms with Crippen LogP contribution in [0.1, 0.15) is 65.3 Å². The fourth-order valence-corrected chi connectivity index (χ4v) is 2.80. The number of benzene rings is 1. The minimum Gasteiger partial charge on any atom is -0.338 e. The molecule has 2 heterocycles.